The molecule has 0 atom stereocenters. The van der Waals surface area contributed by atoms with E-state index in [1.807, 2.05) is 48.5 Å². The molecule has 0 spiro atoms. The number of aromatic nitrogens is 4. The van der Waals surface area contributed by atoms with Crippen molar-refractivity contribution in [1.29, 1.82) is 0 Å². The van der Waals surface area contributed by atoms with Crippen molar-refractivity contribution >= 4 is 22.5 Å². The van der Waals surface area contributed by atoms with E-state index in [0.717, 1.165) is 17.9 Å². The van der Waals surface area contributed by atoms with Gasteiger partial charge >= 0.3 is 0 Å². The van der Waals surface area contributed by atoms with Crippen molar-refractivity contribution in [3.8, 4) is 11.6 Å². The summed E-state index contributed by atoms with van der Waals surface area (Å²) in [5.74, 6) is 1.20. The summed E-state index contributed by atoms with van der Waals surface area (Å²) in [4.78, 5) is 14.3. The monoisotopic (exact) mass is 408 g/mol. The van der Waals surface area contributed by atoms with Crippen molar-refractivity contribution in [3.05, 3.63) is 70.5 Å². The van der Waals surface area contributed by atoms with E-state index < -0.39 is 0 Å². The number of nitrogens with one attached hydrogen (secondary N) is 1. The lowest BCUT2D eigenvalue weighted by atomic mass is 10.1. The first-order valence-electron chi connectivity index (χ1n) is 9.41. The summed E-state index contributed by atoms with van der Waals surface area (Å²) in [6, 6.07) is 17.2. The summed E-state index contributed by atoms with van der Waals surface area (Å²) in [5, 5.41) is 14.7. The molecule has 0 saturated carbocycles. The van der Waals surface area contributed by atoms with Gasteiger partial charge in [0, 0.05) is 5.39 Å². The molecule has 148 valence electrons. The molecule has 4 rings (SSSR count). The first-order chi connectivity index (χ1) is 14.1. The summed E-state index contributed by atoms with van der Waals surface area (Å²) in [5.41, 5.74) is 1.38. The molecule has 4 aromatic rings. The fourth-order valence-electron chi connectivity index (χ4n) is 2.96. The van der Waals surface area contributed by atoms with Crippen LogP contribution < -0.4 is 10.5 Å². The lowest BCUT2D eigenvalue weighted by Crippen LogP contribution is -3.06. The van der Waals surface area contributed by atoms with E-state index in [1.165, 1.54) is 21.3 Å². The quantitative estimate of drug-likeness (QED) is 0.469. The molecular formula is C21H22N5O2S+. The lowest BCUT2D eigenvalue weighted by Gasteiger charge is -2.09. The van der Waals surface area contributed by atoms with E-state index in [4.69, 9.17) is 4.42 Å². The number of benzene rings is 2. The van der Waals surface area contributed by atoms with Crippen LogP contribution >= 0.6 is 11.8 Å². The zero-order valence-electron chi connectivity index (χ0n) is 16.3. The lowest BCUT2D eigenvalue weighted by molar-refractivity contribution is -0.855. The molecule has 0 radical (unpaired) electrons. The second-order valence-electron chi connectivity index (χ2n) is 7.02. The first kappa shape index (κ1) is 19.4. The Balaban J connectivity index is 1.73. The van der Waals surface area contributed by atoms with Crippen LogP contribution in [0, 0.1) is 0 Å². The Morgan fingerprint density at radius 3 is 2.48 bits per heavy atom. The molecule has 0 unspecified atom stereocenters. The minimum absolute atomic E-state index is 0.142. The average Bonchev–Trinajstić information content (AvgIpc) is 3.19. The summed E-state index contributed by atoms with van der Waals surface area (Å²) in [7, 11) is 4.21. The molecule has 2 heterocycles. The number of thioether (sulfide) groups is 1. The van der Waals surface area contributed by atoms with Crippen LogP contribution in [0.1, 0.15) is 5.56 Å². The molecule has 0 saturated heterocycles. The maximum absolute atomic E-state index is 13.0. The summed E-state index contributed by atoms with van der Waals surface area (Å²) >= 11 is 1.52. The Hall–Kier alpha value is -2.97. The van der Waals surface area contributed by atoms with Crippen molar-refractivity contribution in [1.82, 2.24) is 20.0 Å². The van der Waals surface area contributed by atoms with Gasteiger partial charge in [-0.25, -0.2) is 4.68 Å². The van der Waals surface area contributed by atoms with E-state index in [-0.39, 0.29) is 5.56 Å². The fourth-order valence-corrected chi connectivity index (χ4v) is 3.88. The number of nitrogens with zero attached hydrogens (tertiary/aromatic N) is 4. The minimum Gasteiger partial charge on any atom is -0.410 e. The molecule has 0 fully saturated rings. The normalized spacial score (nSPS) is 11.4. The highest BCUT2D eigenvalue weighted by Crippen LogP contribution is 2.26. The van der Waals surface area contributed by atoms with Gasteiger partial charge in [0.1, 0.15) is 0 Å². The van der Waals surface area contributed by atoms with Crippen LogP contribution in [0.25, 0.3) is 22.4 Å². The molecule has 2 aromatic carbocycles. The molecule has 1 N–H and O–H groups in total. The third kappa shape index (κ3) is 4.38. The predicted molar refractivity (Wildman–Crippen MR) is 113 cm³/mol. The molecule has 0 aliphatic heterocycles. The van der Waals surface area contributed by atoms with E-state index in [2.05, 4.69) is 29.4 Å². The third-order valence-corrected chi connectivity index (χ3v) is 5.30. The van der Waals surface area contributed by atoms with Crippen LogP contribution in [0.4, 0.5) is 0 Å². The van der Waals surface area contributed by atoms with E-state index >= 15 is 0 Å². The zero-order valence-corrected chi connectivity index (χ0v) is 17.1. The van der Waals surface area contributed by atoms with Crippen LogP contribution in [0.15, 0.2) is 69.0 Å². The Bertz CT molecular complexity index is 1170. The van der Waals surface area contributed by atoms with Crippen LogP contribution in [0.2, 0.25) is 0 Å². The SMILES string of the molecule is C[NH+](C)CCSc1nnc(-c2nn(Cc3ccccc3)c(=O)c3ccccc23)o1. The van der Waals surface area contributed by atoms with Crippen LogP contribution in [0.3, 0.4) is 0 Å². The average molecular weight is 409 g/mol. The smallest absolute Gasteiger partial charge is 0.277 e. The topological polar surface area (TPSA) is 78.2 Å². The fraction of sp³-hybridized carbons (Fsp3) is 0.238. The number of rotatable bonds is 7. The highest BCUT2D eigenvalue weighted by atomic mass is 32.2. The van der Waals surface area contributed by atoms with Gasteiger partial charge in [-0.3, -0.25) is 4.79 Å². The zero-order chi connectivity index (χ0) is 20.2. The number of fused-ring (bicyclic) bond motifs is 1. The Labute approximate surface area is 172 Å². The van der Waals surface area contributed by atoms with Gasteiger partial charge in [0.15, 0.2) is 5.69 Å². The largest absolute Gasteiger partial charge is 0.410 e. The molecular weight excluding hydrogens is 386 g/mol. The number of hydrogen-bond donors (Lipinski definition) is 1. The summed E-state index contributed by atoms with van der Waals surface area (Å²) in [6.07, 6.45) is 0. The molecule has 0 bridgehead atoms. The van der Waals surface area contributed by atoms with Crippen molar-refractivity contribution in [2.24, 2.45) is 0 Å². The van der Waals surface area contributed by atoms with Crippen LogP contribution in [-0.2, 0) is 6.54 Å². The molecule has 29 heavy (non-hydrogen) atoms. The van der Waals surface area contributed by atoms with Crippen LogP contribution in [-0.4, -0.2) is 46.4 Å². The summed E-state index contributed by atoms with van der Waals surface area (Å²) < 4.78 is 7.32. The van der Waals surface area contributed by atoms with E-state index in [0.29, 0.717) is 34.1 Å². The van der Waals surface area contributed by atoms with Gasteiger partial charge in [-0.1, -0.05) is 60.3 Å². The number of hydrogen-bond acceptors (Lipinski definition) is 6. The molecule has 7 nitrogen and oxygen atoms in total. The number of quaternary nitrogens is 1. The van der Waals surface area contributed by atoms with Crippen molar-refractivity contribution in [2.45, 2.75) is 11.8 Å². The van der Waals surface area contributed by atoms with Crippen molar-refractivity contribution in [2.75, 3.05) is 26.4 Å². The van der Waals surface area contributed by atoms with Gasteiger partial charge < -0.3 is 9.32 Å². The van der Waals surface area contributed by atoms with Gasteiger partial charge in [0.2, 0.25) is 0 Å². The Morgan fingerprint density at radius 1 is 1.00 bits per heavy atom. The van der Waals surface area contributed by atoms with Gasteiger partial charge in [-0.2, -0.15) is 5.10 Å². The molecule has 0 aliphatic carbocycles. The summed E-state index contributed by atoms with van der Waals surface area (Å²) in [6.45, 7) is 1.37. The van der Waals surface area contributed by atoms with Gasteiger partial charge in [-0.15, -0.1) is 10.2 Å². The van der Waals surface area contributed by atoms with Crippen LogP contribution in [0.5, 0.6) is 0 Å². The Morgan fingerprint density at radius 2 is 1.72 bits per heavy atom. The molecule has 2 aromatic heterocycles. The minimum atomic E-state index is -0.142. The second kappa shape index (κ2) is 8.59. The van der Waals surface area contributed by atoms with E-state index in [9.17, 15) is 4.79 Å². The predicted octanol–water partition coefficient (Wildman–Crippen LogP) is 1.73. The molecule has 8 heteroatoms. The molecule has 0 amide bonds. The molecule has 0 aliphatic rings. The first-order valence-corrected chi connectivity index (χ1v) is 10.4. The van der Waals surface area contributed by atoms with Gasteiger partial charge in [0.25, 0.3) is 16.7 Å². The highest BCUT2D eigenvalue weighted by molar-refractivity contribution is 7.99. The maximum atomic E-state index is 13.0. The third-order valence-electron chi connectivity index (χ3n) is 4.48. The maximum Gasteiger partial charge on any atom is 0.277 e. The van der Waals surface area contributed by atoms with Gasteiger partial charge in [0.05, 0.1) is 38.3 Å². The van der Waals surface area contributed by atoms with E-state index in [1.54, 1.807) is 6.07 Å². The van der Waals surface area contributed by atoms with Crippen molar-refractivity contribution < 1.29 is 9.32 Å². The van der Waals surface area contributed by atoms with Crippen molar-refractivity contribution in [3.63, 3.8) is 0 Å². The highest BCUT2D eigenvalue weighted by Gasteiger charge is 2.18. The van der Waals surface area contributed by atoms with Gasteiger partial charge in [-0.05, 0) is 11.6 Å². The Kier molecular flexibility index (Phi) is 5.73. The standard InChI is InChI=1S/C21H21N5O2S/c1-25(2)12-13-29-21-23-22-19(28-21)18-16-10-6-7-11-17(16)20(27)26(24-18)14-15-8-4-3-5-9-15/h3-11H,12-14H2,1-2H3/p+1. The second-order valence-corrected chi connectivity index (χ2v) is 8.07.